The van der Waals surface area contributed by atoms with E-state index < -0.39 is 11.9 Å². The lowest BCUT2D eigenvalue weighted by atomic mass is 9.63. The summed E-state index contributed by atoms with van der Waals surface area (Å²) in [6.45, 7) is 8.75. The van der Waals surface area contributed by atoms with Crippen molar-refractivity contribution < 1.29 is 24.2 Å². The Morgan fingerprint density at radius 1 is 0.952 bits per heavy atom. The van der Waals surface area contributed by atoms with Crippen LogP contribution in [-0.4, -0.2) is 34.1 Å². The molecule has 0 aromatic heterocycles. The molecule has 2 aromatic rings. The summed E-state index contributed by atoms with van der Waals surface area (Å²) >= 11 is 13.7. The zero-order valence-corrected chi connectivity index (χ0v) is 28.1. The molecule has 2 aromatic carbocycles. The molecule has 0 atom stereocenters. The van der Waals surface area contributed by atoms with Crippen molar-refractivity contribution in [2.75, 3.05) is 6.54 Å². The minimum absolute atomic E-state index is 0.00190. The average molecular weight is 720 g/mol. The van der Waals surface area contributed by atoms with E-state index in [4.69, 9.17) is 16.3 Å². The van der Waals surface area contributed by atoms with Crippen molar-refractivity contribution in [1.29, 1.82) is 0 Å². The second-order valence-corrected chi connectivity index (χ2v) is 15.1. The Hall–Kier alpha value is -2.42. The number of carboxylic acids is 1. The molecule has 0 unspecified atom stereocenters. The second-order valence-electron chi connectivity index (χ2n) is 13.0. The van der Waals surface area contributed by atoms with Crippen LogP contribution in [0.25, 0.3) is 0 Å². The third-order valence-electron chi connectivity index (χ3n) is 8.25. The summed E-state index contributed by atoms with van der Waals surface area (Å²) in [5.41, 5.74) is 3.99. The summed E-state index contributed by atoms with van der Waals surface area (Å²) in [6.07, 6.45) is 1.88. The molecule has 0 amide bonds. The molecular formula is C33H34Br2ClNO5. The van der Waals surface area contributed by atoms with Crippen LogP contribution in [0.2, 0.25) is 5.02 Å². The lowest BCUT2D eigenvalue weighted by Crippen LogP contribution is -2.45. The number of benzene rings is 2. The normalized spacial score (nSPS) is 20.0. The third-order valence-corrected chi connectivity index (χ3v) is 9.80. The molecular weight excluding hydrogens is 686 g/mol. The maximum absolute atomic E-state index is 14.0. The predicted octanol–water partition coefficient (Wildman–Crippen LogP) is 8.60. The van der Waals surface area contributed by atoms with Crippen LogP contribution in [0.4, 0.5) is 0 Å². The topological polar surface area (TPSA) is 83.9 Å². The Kier molecular flexibility index (Phi) is 8.56. The molecule has 6 nitrogen and oxygen atoms in total. The Labute approximate surface area is 268 Å². The van der Waals surface area contributed by atoms with Crippen molar-refractivity contribution in [2.45, 2.75) is 72.3 Å². The highest BCUT2D eigenvalue weighted by molar-refractivity contribution is 9.11. The summed E-state index contributed by atoms with van der Waals surface area (Å²) < 4.78 is 7.53. The van der Waals surface area contributed by atoms with E-state index in [0.717, 1.165) is 22.5 Å². The Morgan fingerprint density at radius 2 is 1.48 bits per heavy atom. The van der Waals surface area contributed by atoms with Crippen molar-refractivity contribution in [1.82, 2.24) is 4.90 Å². The molecule has 2 aliphatic carbocycles. The Morgan fingerprint density at radius 3 is 1.98 bits per heavy atom. The summed E-state index contributed by atoms with van der Waals surface area (Å²) in [7, 11) is 0. The van der Waals surface area contributed by atoms with Gasteiger partial charge in [0.25, 0.3) is 0 Å². The van der Waals surface area contributed by atoms with Gasteiger partial charge in [-0.05, 0) is 79.3 Å². The maximum Gasteiger partial charge on any atom is 0.305 e. The molecule has 42 heavy (non-hydrogen) atoms. The molecule has 0 saturated heterocycles. The molecule has 1 N–H and O–H groups in total. The zero-order chi connectivity index (χ0) is 30.6. The number of ketones is 2. The van der Waals surface area contributed by atoms with Crippen LogP contribution in [-0.2, 0) is 21.0 Å². The monoisotopic (exact) mass is 717 g/mol. The number of halogens is 3. The summed E-state index contributed by atoms with van der Waals surface area (Å²) in [4.78, 5) is 41.6. The van der Waals surface area contributed by atoms with Gasteiger partial charge in [0.05, 0.1) is 15.4 Å². The van der Waals surface area contributed by atoms with Gasteiger partial charge in [-0.15, -0.1) is 0 Å². The van der Waals surface area contributed by atoms with Crippen molar-refractivity contribution in [3.63, 3.8) is 0 Å². The van der Waals surface area contributed by atoms with E-state index in [0.29, 0.717) is 56.5 Å². The number of aliphatic carboxylic acids is 1. The van der Waals surface area contributed by atoms with E-state index in [9.17, 15) is 19.5 Å². The van der Waals surface area contributed by atoms with Crippen molar-refractivity contribution in [3.05, 3.63) is 84.0 Å². The van der Waals surface area contributed by atoms with Gasteiger partial charge < -0.3 is 14.7 Å². The first-order chi connectivity index (χ1) is 19.7. The SMILES string of the molecule is CC1(C)CC(=O)C2=C(C1)N(CCC(=O)O)C1=C(C(=O)CC(C)(C)C1)C2c1cc(Br)c(OCc2ccccc2Cl)c(Br)c1. The summed E-state index contributed by atoms with van der Waals surface area (Å²) in [5, 5.41) is 10.2. The van der Waals surface area contributed by atoms with E-state index in [2.05, 4.69) is 59.6 Å². The molecule has 1 aliphatic heterocycles. The minimum Gasteiger partial charge on any atom is -0.486 e. The first-order valence-corrected chi connectivity index (χ1v) is 16.0. The van der Waals surface area contributed by atoms with Crippen LogP contribution in [0.15, 0.2) is 67.9 Å². The fraction of sp³-hybridized carbons (Fsp3) is 0.424. The van der Waals surface area contributed by atoms with Gasteiger partial charge in [0.1, 0.15) is 12.4 Å². The van der Waals surface area contributed by atoms with Gasteiger partial charge >= 0.3 is 5.97 Å². The van der Waals surface area contributed by atoms with E-state index in [-0.39, 0.29) is 42.0 Å². The minimum atomic E-state index is -0.913. The zero-order valence-electron chi connectivity index (χ0n) is 24.2. The van der Waals surface area contributed by atoms with Gasteiger partial charge in [0.15, 0.2) is 11.6 Å². The fourth-order valence-electron chi connectivity index (χ4n) is 6.51. The number of carboxylic acid groups (broad SMARTS) is 1. The first kappa shape index (κ1) is 31.0. The number of nitrogens with zero attached hydrogens (tertiary/aromatic N) is 1. The lowest BCUT2D eigenvalue weighted by Gasteiger charge is -2.49. The third kappa shape index (κ3) is 6.13. The van der Waals surface area contributed by atoms with Gasteiger partial charge in [-0.25, -0.2) is 0 Å². The quantitative estimate of drug-likeness (QED) is 0.309. The average Bonchev–Trinajstić information content (AvgIpc) is 2.86. The fourth-order valence-corrected chi connectivity index (χ4v) is 8.15. The maximum atomic E-state index is 14.0. The number of hydrogen-bond donors (Lipinski definition) is 1. The van der Waals surface area contributed by atoms with E-state index in [1.54, 1.807) is 0 Å². The van der Waals surface area contributed by atoms with Gasteiger partial charge in [0, 0.05) is 58.4 Å². The molecule has 3 aliphatic rings. The lowest BCUT2D eigenvalue weighted by molar-refractivity contribution is -0.137. The van der Waals surface area contributed by atoms with Crippen LogP contribution in [0.1, 0.15) is 76.8 Å². The van der Waals surface area contributed by atoms with Crippen LogP contribution in [0.5, 0.6) is 5.75 Å². The highest BCUT2D eigenvalue weighted by Gasteiger charge is 2.49. The summed E-state index contributed by atoms with van der Waals surface area (Å²) in [6, 6.07) is 11.4. The number of carbonyl (C=O) groups excluding carboxylic acids is 2. The molecule has 0 bridgehead atoms. The highest BCUT2D eigenvalue weighted by Crippen LogP contribution is 2.55. The van der Waals surface area contributed by atoms with Crippen LogP contribution in [0, 0.1) is 10.8 Å². The number of carbonyl (C=O) groups is 3. The first-order valence-electron chi connectivity index (χ1n) is 14.0. The van der Waals surface area contributed by atoms with Crippen LogP contribution < -0.4 is 4.74 Å². The number of ether oxygens (including phenoxy) is 1. The number of Topliss-reactive ketones (excluding diaryl/α,β-unsaturated/α-hetero) is 2. The highest BCUT2D eigenvalue weighted by atomic mass is 79.9. The van der Waals surface area contributed by atoms with E-state index in [1.807, 2.05) is 41.3 Å². The smallest absolute Gasteiger partial charge is 0.305 e. The number of allylic oxidation sites excluding steroid dienone is 4. The Bertz CT molecular complexity index is 1480. The molecule has 222 valence electrons. The van der Waals surface area contributed by atoms with Gasteiger partial charge in [-0.1, -0.05) is 57.5 Å². The molecule has 1 heterocycles. The molecule has 0 radical (unpaired) electrons. The van der Waals surface area contributed by atoms with Gasteiger partial charge in [-0.2, -0.15) is 0 Å². The molecule has 0 fully saturated rings. The van der Waals surface area contributed by atoms with Crippen molar-refractivity contribution >= 4 is 61.0 Å². The second kappa shape index (κ2) is 11.6. The van der Waals surface area contributed by atoms with Crippen molar-refractivity contribution in [3.8, 4) is 5.75 Å². The molecule has 5 rings (SSSR count). The van der Waals surface area contributed by atoms with Gasteiger partial charge in [-0.3, -0.25) is 14.4 Å². The molecule has 9 heteroatoms. The molecule has 0 spiro atoms. The van der Waals surface area contributed by atoms with Gasteiger partial charge in [0.2, 0.25) is 0 Å². The largest absolute Gasteiger partial charge is 0.486 e. The van der Waals surface area contributed by atoms with Crippen LogP contribution >= 0.6 is 43.5 Å². The van der Waals surface area contributed by atoms with Crippen molar-refractivity contribution in [2.24, 2.45) is 10.8 Å². The Balaban J connectivity index is 1.64. The van der Waals surface area contributed by atoms with E-state index >= 15 is 0 Å². The number of hydrogen-bond acceptors (Lipinski definition) is 5. The standard InChI is InChI=1S/C33H34Br2ClNO5/c1-32(2)13-23-29(25(38)15-32)28(30-24(37(23)10-9-27(40)41)14-33(3,4)16-26(30)39)19-11-20(34)31(21(35)12-19)42-17-18-7-5-6-8-22(18)36/h5-8,11-12,28H,9-10,13-17H2,1-4H3,(H,40,41). The van der Waals surface area contributed by atoms with E-state index in [1.165, 1.54) is 0 Å². The summed E-state index contributed by atoms with van der Waals surface area (Å²) in [5.74, 6) is -0.866. The predicted molar refractivity (Wildman–Crippen MR) is 169 cm³/mol. The number of rotatable bonds is 7. The van der Waals surface area contributed by atoms with Crippen LogP contribution in [0.3, 0.4) is 0 Å². The molecule has 0 saturated carbocycles.